The third kappa shape index (κ3) is 20.4. The molecular weight excluding hydrogens is 624 g/mol. The minimum atomic E-state index is -0.404. The van der Waals surface area contributed by atoms with E-state index in [1.54, 1.807) is 24.3 Å². The van der Waals surface area contributed by atoms with E-state index in [1.807, 2.05) is 0 Å². The van der Waals surface area contributed by atoms with Crippen LogP contribution in [0.1, 0.15) is 181 Å². The molecule has 278 valence electrons. The molecule has 2 aromatic carbocycles. The second-order valence-corrected chi connectivity index (χ2v) is 13.9. The minimum Gasteiger partial charge on any atom is -0.422 e. The van der Waals surface area contributed by atoms with E-state index in [0.717, 1.165) is 38.5 Å². The van der Waals surface area contributed by atoms with E-state index in [4.69, 9.17) is 9.47 Å². The molecule has 0 aliphatic carbocycles. The van der Waals surface area contributed by atoms with Crippen molar-refractivity contribution in [3.63, 3.8) is 0 Å². The number of unbranched alkanes of at least 4 members (excludes halogenated alkanes) is 22. The maximum Gasteiger partial charge on any atom is 0.311 e. The third-order valence-electron chi connectivity index (χ3n) is 9.39. The van der Waals surface area contributed by atoms with Gasteiger partial charge in [-0.25, -0.2) is 0 Å². The lowest BCUT2D eigenvalue weighted by Crippen LogP contribution is -2.12. The third-order valence-corrected chi connectivity index (χ3v) is 9.39. The van der Waals surface area contributed by atoms with Gasteiger partial charge in [0.05, 0.1) is 0 Å². The van der Waals surface area contributed by atoms with Crippen molar-refractivity contribution in [1.29, 1.82) is 0 Å². The highest BCUT2D eigenvalue weighted by molar-refractivity contribution is 5.73. The van der Waals surface area contributed by atoms with Crippen molar-refractivity contribution in [3.05, 3.63) is 69.0 Å². The summed E-state index contributed by atoms with van der Waals surface area (Å²) in [5.74, 6) is -0.840. The van der Waals surface area contributed by atoms with E-state index in [9.17, 15) is 19.2 Å². The molecule has 0 bridgehead atoms. The number of esters is 2. The molecule has 2 aromatic rings. The molecule has 0 N–H and O–H groups in total. The summed E-state index contributed by atoms with van der Waals surface area (Å²) in [7, 11) is 0. The van der Waals surface area contributed by atoms with Crippen LogP contribution >= 0.6 is 0 Å². The zero-order valence-electron chi connectivity index (χ0n) is 31.5. The van der Waals surface area contributed by atoms with Crippen molar-refractivity contribution in [2.75, 3.05) is 0 Å². The van der Waals surface area contributed by atoms with Gasteiger partial charge >= 0.3 is 11.9 Å². The molecular formula is C44H66O6. The molecule has 0 saturated carbocycles. The second kappa shape index (κ2) is 28.4. The fraction of sp³-hybridized carbons (Fsp3) is 0.636. The van der Waals surface area contributed by atoms with Gasteiger partial charge in [0, 0.05) is 12.8 Å². The van der Waals surface area contributed by atoms with Crippen LogP contribution in [0, 0.1) is 0 Å². The summed E-state index contributed by atoms with van der Waals surface area (Å²) in [6.07, 6.45) is 29.7. The average Bonchev–Trinajstić information content (AvgIpc) is 3.40. The van der Waals surface area contributed by atoms with Crippen LogP contribution in [0.25, 0.3) is 11.1 Å². The van der Waals surface area contributed by atoms with E-state index >= 15 is 0 Å². The Balaban J connectivity index is 1.71. The van der Waals surface area contributed by atoms with E-state index in [1.165, 1.54) is 140 Å². The Kier molecular flexibility index (Phi) is 24.4. The van der Waals surface area contributed by atoms with Gasteiger partial charge in [-0.3, -0.25) is 19.2 Å². The molecule has 2 rings (SSSR count). The first kappa shape index (κ1) is 42.9. The molecule has 0 fully saturated rings. The van der Waals surface area contributed by atoms with Crippen LogP contribution in [0.4, 0.5) is 0 Å². The maximum absolute atomic E-state index is 12.6. The number of ether oxygens (including phenoxy) is 2. The quantitative estimate of drug-likeness (QED) is 0.0624. The Morgan fingerprint density at radius 1 is 0.380 bits per heavy atom. The van der Waals surface area contributed by atoms with Crippen LogP contribution in [0.15, 0.2) is 58.1 Å². The lowest BCUT2D eigenvalue weighted by molar-refractivity contribution is -0.135. The first-order valence-corrected chi connectivity index (χ1v) is 20.1. The molecule has 50 heavy (non-hydrogen) atoms. The predicted octanol–water partition coefficient (Wildman–Crippen LogP) is 12.1. The van der Waals surface area contributed by atoms with E-state index in [-0.39, 0.29) is 24.3 Å². The Hall–Kier alpha value is -3.28. The Morgan fingerprint density at radius 3 is 0.940 bits per heavy atom. The van der Waals surface area contributed by atoms with Crippen molar-refractivity contribution in [2.24, 2.45) is 0 Å². The largest absolute Gasteiger partial charge is 0.422 e. The van der Waals surface area contributed by atoms with Gasteiger partial charge in [0.15, 0.2) is 11.5 Å². The number of carbonyl (C=O) groups excluding carboxylic acids is 2. The highest BCUT2D eigenvalue weighted by Crippen LogP contribution is 2.20. The van der Waals surface area contributed by atoms with Gasteiger partial charge in [0.25, 0.3) is 0 Å². The van der Waals surface area contributed by atoms with Crippen molar-refractivity contribution in [2.45, 2.75) is 181 Å². The normalized spacial score (nSPS) is 11.0. The summed E-state index contributed by atoms with van der Waals surface area (Å²) in [6, 6.07) is 12.4. The summed E-state index contributed by atoms with van der Waals surface area (Å²) < 4.78 is 10.8. The molecule has 0 radical (unpaired) electrons. The first-order valence-electron chi connectivity index (χ1n) is 20.1. The molecule has 0 unspecified atom stereocenters. The summed E-state index contributed by atoms with van der Waals surface area (Å²) in [5.41, 5.74) is 0.539. The molecule has 0 spiro atoms. The van der Waals surface area contributed by atoms with Crippen LogP contribution in [0.2, 0.25) is 0 Å². The van der Waals surface area contributed by atoms with Gasteiger partial charge < -0.3 is 9.47 Å². The number of hydrogen-bond donors (Lipinski definition) is 0. The zero-order valence-corrected chi connectivity index (χ0v) is 31.5. The van der Waals surface area contributed by atoms with Crippen LogP contribution in [0.3, 0.4) is 0 Å². The van der Waals surface area contributed by atoms with E-state index in [0.29, 0.717) is 11.1 Å². The number of carbonyl (C=O) groups is 2. The highest BCUT2D eigenvalue weighted by atomic mass is 16.5. The summed E-state index contributed by atoms with van der Waals surface area (Å²) in [6.45, 7) is 4.49. The molecule has 0 aromatic heterocycles. The van der Waals surface area contributed by atoms with Gasteiger partial charge in [-0.2, -0.15) is 0 Å². The molecule has 6 nitrogen and oxygen atoms in total. The monoisotopic (exact) mass is 690 g/mol. The van der Waals surface area contributed by atoms with Crippen molar-refractivity contribution < 1.29 is 19.1 Å². The lowest BCUT2D eigenvalue weighted by atomic mass is 10.0. The fourth-order valence-electron chi connectivity index (χ4n) is 6.22. The standard InChI is InChI=1S/C44H66O6/c1-3-5-7-9-11-13-15-17-19-21-23-25-27-43(47)49-41-35-31-37(29-33-39(41)45)38-30-34-40(46)42(36-32-38)50-44(48)28-26-24-22-20-18-16-14-12-10-8-6-4-2/h29-36H,3-28H2,1-2H3. The Labute approximate surface area is 302 Å². The van der Waals surface area contributed by atoms with Crippen molar-refractivity contribution >= 4 is 11.9 Å². The minimum absolute atomic E-state index is 0.0163. The fourth-order valence-corrected chi connectivity index (χ4v) is 6.22. The lowest BCUT2D eigenvalue weighted by Gasteiger charge is -2.04. The Bertz CT molecular complexity index is 1230. The molecule has 0 aliphatic heterocycles. The highest BCUT2D eigenvalue weighted by Gasteiger charge is 2.10. The van der Waals surface area contributed by atoms with Crippen LogP contribution in [-0.4, -0.2) is 11.9 Å². The summed E-state index contributed by atoms with van der Waals surface area (Å²) in [5, 5.41) is 0. The smallest absolute Gasteiger partial charge is 0.311 e. The van der Waals surface area contributed by atoms with Gasteiger partial charge in [-0.15, -0.1) is 0 Å². The van der Waals surface area contributed by atoms with Crippen LogP contribution < -0.4 is 20.3 Å². The average molecular weight is 691 g/mol. The predicted molar refractivity (Wildman–Crippen MR) is 207 cm³/mol. The van der Waals surface area contributed by atoms with Crippen LogP contribution in [-0.2, 0) is 9.59 Å². The van der Waals surface area contributed by atoms with Crippen molar-refractivity contribution in [1.82, 2.24) is 0 Å². The maximum atomic E-state index is 12.6. The van der Waals surface area contributed by atoms with Gasteiger partial charge in [0.2, 0.25) is 10.9 Å². The van der Waals surface area contributed by atoms with Gasteiger partial charge in [-0.05, 0) is 48.2 Å². The summed E-state index contributed by atoms with van der Waals surface area (Å²) in [4.78, 5) is 50.2. The molecule has 0 heterocycles. The van der Waals surface area contributed by atoms with E-state index < -0.39 is 22.8 Å². The second-order valence-electron chi connectivity index (χ2n) is 13.9. The molecule has 6 heteroatoms. The van der Waals surface area contributed by atoms with Crippen LogP contribution in [0.5, 0.6) is 11.5 Å². The molecule has 0 atom stereocenters. The topological polar surface area (TPSA) is 86.7 Å². The Morgan fingerprint density at radius 2 is 0.640 bits per heavy atom. The SMILES string of the molecule is CCCCCCCCCCCCCCC(=O)Oc1ccc(-c2ccc(OC(=O)CCCCCCCCCCCCCC)c(=O)cc2)ccc1=O. The number of hydrogen-bond acceptors (Lipinski definition) is 6. The van der Waals surface area contributed by atoms with E-state index in [2.05, 4.69) is 13.8 Å². The number of rotatable bonds is 29. The molecule has 0 amide bonds. The van der Waals surface area contributed by atoms with Gasteiger partial charge in [0.1, 0.15) is 0 Å². The van der Waals surface area contributed by atoms with Gasteiger partial charge in [-0.1, -0.05) is 179 Å². The summed E-state index contributed by atoms with van der Waals surface area (Å²) >= 11 is 0. The molecule has 0 aliphatic rings. The van der Waals surface area contributed by atoms with Crippen molar-refractivity contribution in [3.8, 4) is 22.6 Å². The molecule has 0 saturated heterocycles. The first-order chi connectivity index (χ1) is 24.4. The zero-order chi connectivity index (χ0) is 36.1.